The normalized spacial score (nSPS) is 14.5. The second kappa shape index (κ2) is 9.32. The number of nitrogens with zero attached hydrogens (tertiary/aromatic N) is 2. The first kappa shape index (κ1) is 19.8. The number of benzene rings is 2. The third-order valence-corrected chi connectivity index (χ3v) is 4.97. The van der Waals surface area contributed by atoms with Crippen molar-refractivity contribution in [1.29, 1.82) is 0 Å². The van der Waals surface area contributed by atoms with Crippen molar-refractivity contribution in [2.45, 2.75) is 32.4 Å². The fourth-order valence-electron chi connectivity index (χ4n) is 3.40. The van der Waals surface area contributed by atoms with Crippen molar-refractivity contribution in [2.75, 3.05) is 20.2 Å². The van der Waals surface area contributed by atoms with Crippen molar-refractivity contribution < 1.29 is 14.5 Å². The Morgan fingerprint density at radius 1 is 1.11 bits per heavy atom. The number of carbonyl (C=O) groups excluding carboxylic acids is 1. The minimum atomic E-state index is -0.559. The molecular formula is C21H25N3O4. The van der Waals surface area contributed by atoms with Crippen molar-refractivity contribution >= 4 is 11.6 Å². The molecule has 2 aromatic carbocycles. The van der Waals surface area contributed by atoms with Crippen molar-refractivity contribution in [2.24, 2.45) is 0 Å². The van der Waals surface area contributed by atoms with Gasteiger partial charge in [0.15, 0.2) is 5.75 Å². The van der Waals surface area contributed by atoms with E-state index in [-0.39, 0.29) is 22.9 Å². The molecule has 0 aliphatic carbocycles. The standard InChI is InChI=1S/C21H25N3O4/c1-28-20-10-9-18(13-19(20)24(26)27)21(25)22-14-16-5-7-17(8-6-16)15-23-11-3-2-4-12-23/h5-10,13H,2-4,11-12,14-15H2,1H3,(H,22,25). The number of carbonyl (C=O) groups is 1. The van der Waals surface area contributed by atoms with Crippen LogP contribution in [-0.4, -0.2) is 35.9 Å². The van der Waals surface area contributed by atoms with Crippen molar-refractivity contribution in [3.05, 3.63) is 69.3 Å². The van der Waals surface area contributed by atoms with Gasteiger partial charge >= 0.3 is 5.69 Å². The molecule has 0 radical (unpaired) electrons. The highest BCUT2D eigenvalue weighted by Gasteiger charge is 2.18. The monoisotopic (exact) mass is 383 g/mol. The van der Waals surface area contributed by atoms with Gasteiger partial charge in [-0.25, -0.2) is 0 Å². The number of nitro groups is 1. The summed E-state index contributed by atoms with van der Waals surface area (Å²) in [6, 6.07) is 12.4. The van der Waals surface area contributed by atoms with E-state index in [0.717, 1.165) is 25.2 Å². The lowest BCUT2D eigenvalue weighted by Crippen LogP contribution is -2.29. The van der Waals surface area contributed by atoms with E-state index in [0.29, 0.717) is 6.54 Å². The first-order chi connectivity index (χ1) is 13.6. The van der Waals surface area contributed by atoms with Crippen LogP contribution in [0.4, 0.5) is 5.69 Å². The van der Waals surface area contributed by atoms with E-state index in [4.69, 9.17) is 4.74 Å². The van der Waals surface area contributed by atoms with Crippen LogP contribution in [-0.2, 0) is 13.1 Å². The summed E-state index contributed by atoms with van der Waals surface area (Å²) in [4.78, 5) is 25.4. The fraction of sp³-hybridized carbons (Fsp3) is 0.381. The molecule has 0 aromatic heterocycles. The first-order valence-electron chi connectivity index (χ1n) is 9.47. The third kappa shape index (κ3) is 5.07. The lowest BCUT2D eigenvalue weighted by Gasteiger charge is -2.26. The molecule has 1 aliphatic heterocycles. The van der Waals surface area contributed by atoms with Crippen LogP contribution < -0.4 is 10.1 Å². The van der Waals surface area contributed by atoms with Crippen molar-refractivity contribution in [1.82, 2.24) is 10.2 Å². The van der Waals surface area contributed by atoms with Gasteiger partial charge in [-0.2, -0.15) is 0 Å². The number of methoxy groups -OCH3 is 1. The van der Waals surface area contributed by atoms with Gasteiger partial charge in [0.25, 0.3) is 5.91 Å². The molecule has 0 spiro atoms. The van der Waals surface area contributed by atoms with Gasteiger partial charge in [-0.3, -0.25) is 19.8 Å². The average Bonchev–Trinajstić information content (AvgIpc) is 2.73. The molecule has 7 heteroatoms. The van der Waals surface area contributed by atoms with Crippen LogP contribution in [0.2, 0.25) is 0 Å². The maximum absolute atomic E-state index is 12.3. The van der Waals surface area contributed by atoms with Gasteiger partial charge in [-0.15, -0.1) is 0 Å². The lowest BCUT2D eigenvalue weighted by atomic mass is 10.1. The number of hydrogen-bond donors (Lipinski definition) is 1. The number of ether oxygens (including phenoxy) is 1. The van der Waals surface area contributed by atoms with E-state index < -0.39 is 4.92 Å². The highest BCUT2D eigenvalue weighted by atomic mass is 16.6. The van der Waals surface area contributed by atoms with E-state index in [9.17, 15) is 14.9 Å². The molecule has 1 fully saturated rings. The second-order valence-electron chi connectivity index (χ2n) is 6.98. The van der Waals surface area contributed by atoms with Crippen LogP contribution in [0.15, 0.2) is 42.5 Å². The number of amides is 1. The highest BCUT2D eigenvalue weighted by molar-refractivity contribution is 5.95. The summed E-state index contributed by atoms with van der Waals surface area (Å²) in [5.41, 5.74) is 2.26. The third-order valence-electron chi connectivity index (χ3n) is 4.97. The van der Waals surface area contributed by atoms with Crippen LogP contribution in [0.1, 0.15) is 40.7 Å². The Bertz CT molecular complexity index is 830. The largest absolute Gasteiger partial charge is 0.490 e. The van der Waals surface area contributed by atoms with Gasteiger partial charge in [-0.1, -0.05) is 30.7 Å². The van der Waals surface area contributed by atoms with Crippen LogP contribution in [0, 0.1) is 10.1 Å². The summed E-state index contributed by atoms with van der Waals surface area (Å²) >= 11 is 0. The molecule has 0 unspecified atom stereocenters. The van der Waals surface area contributed by atoms with Gasteiger partial charge in [-0.05, 0) is 49.2 Å². The zero-order valence-corrected chi connectivity index (χ0v) is 16.0. The number of likely N-dealkylation sites (tertiary alicyclic amines) is 1. The molecule has 1 saturated heterocycles. The maximum Gasteiger partial charge on any atom is 0.311 e. The fourth-order valence-corrected chi connectivity index (χ4v) is 3.40. The number of nitro benzene ring substituents is 1. The summed E-state index contributed by atoms with van der Waals surface area (Å²) in [6.07, 6.45) is 3.87. The molecule has 28 heavy (non-hydrogen) atoms. The Morgan fingerprint density at radius 3 is 2.43 bits per heavy atom. The quantitative estimate of drug-likeness (QED) is 0.584. The molecule has 2 aromatic rings. The molecule has 1 N–H and O–H groups in total. The molecule has 1 heterocycles. The molecule has 0 bridgehead atoms. The second-order valence-corrected chi connectivity index (χ2v) is 6.98. The average molecular weight is 383 g/mol. The van der Waals surface area contributed by atoms with Crippen molar-refractivity contribution in [3.63, 3.8) is 0 Å². The maximum atomic E-state index is 12.3. The van der Waals surface area contributed by atoms with E-state index >= 15 is 0 Å². The van der Waals surface area contributed by atoms with Gasteiger partial charge in [0, 0.05) is 24.7 Å². The number of rotatable bonds is 7. The van der Waals surface area contributed by atoms with Gasteiger partial charge in [0.2, 0.25) is 0 Å². The lowest BCUT2D eigenvalue weighted by molar-refractivity contribution is -0.385. The molecule has 0 saturated carbocycles. The van der Waals surface area contributed by atoms with Gasteiger partial charge in [0.05, 0.1) is 12.0 Å². The Morgan fingerprint density at radius 2 is 1.79 bits per heavy atom. The molecule has 1 aliphatic rings. The van der Waals surface area contributed by atoms with Crippen LogP contribution in [0.3, 0.4) is 0 Å². The summed E-state index contributed by atoms with van der Waals surface area (Å²) in [5.74, 6) is -0.228. The predicted octanol–water partition coefficient (Wildman–Crippen LogP) is 3.52. The molecular weight excluding hydrogens is 358 g/mol. The molecule has 148 valence electrons. The van der Waals surface area contributed by atoms with Crippen molar-refractivity contribution in [3.8, 4) is 5.75 Å². The van der Waals surface area contributed by atoms with Crippen LogP contribution in [0.25, 0.3) is 0 Å². The molecule has 1 amide bonds. The minimum Gasteiger partial charge on any atom is -0.490 e. The zero-order chi connectivity index (χ0) is 19.9. The first-order valence-corrected chi connectivity index (χ1v) is 9.47. The Balaban J connectivity index is 1.57. The summed E-state index contributed by atoms with van der Waals surface area (Å²) in [6.45, 7) is 3.64. The zero-order valence-electron chi connectivity index (χ0n) is 16.0. The van der Waals surface area contributed by atoms with Crippen LogP contribution in [0.5, 0.6) is 5.75 Å². The molecule has 7 nitrogen and oxygen atoms in total. The minimum absolute atomic E-state index is 0.130. The summed E-state index contributed by atoms with van der Waals surface area (Å²) in [7, 11) is 1.36. The number of hydrogen-bond acceptors (Lipinski definition) is 5. The van der Waals surface area contributed by atoms with Gasteiger partial charge in [0.1, 0.15) is 0 Å². The van der Waals surface area contributed by atoms with E-state index in [1.54, 1.807) is 0 Å². The summed E-state index contributed by atoms with van der Waals surface area (Å²) in [5, 5.41) is 13.9. The smallest absolute Gasteiger partial charge is 0.311 e. The topological polar surface area (TPSA) is 84.7 Å². The van der Waals surface area contributed by atoms with E-state index in [1.807, 2.05) is 12.1 Å². The van der Waals surface area contributed by atoms with Crippen LogP contribution >= 0.6 is 0 Å². The Hall–Kier alpha value is -2.93. The SMILES string of the molecule is COc1ccc(C(=O)NCc2ccc(CN3CCCCC3)cc2)cc1[N+](=O)[O-]. The number of piperidine rings is 1. The summed E-state index contributed by atoms with van der Waals surface area (Å²) < 4.78 is 4.96. The number of nitrogens with one attached hydrogen (secondary N) is 1. The van der Waals surface area contributed by atoms with E-state index in [2.05, 4.69) is 22.3 Å². The molecule has 0 atom stereocenters. The Labute approximate surface area is 164 Å². The van der Waals surface area contributed by atoms with Gasteiger partial charge < -0.3 is 10.1 Å². The highest BCUT2D eigenvalue weighted by Crippen LogP contribution is 2.27. The van der Waals surface area contributed by atoms with E-state index in [1.165, 1.54) is 50.1 Å². The predicted molar refractivity (Wildman–Crippen MR) is 106 cm³/mol. The Kier molecular flexibility index (Phi) is 6.60. The molecule has 3 rings (SSSR count).